The third-order valence-electron chi connectivity index (χ3n) is 4.90. The summed E-state index contributed by atoms with van der Waals surface area (Å²) in [6.45, 7) is 1.32. The molecule has 0 N–H and O–H groups in total. The smallest absolute Gasteiger partial charge is 0.131 e. The fourth-order valence-corrected chi connectivity index (χ4v) is 3.23. The monoisotopic (exact) mass is 386 g/mol. The molecule has 0 heterocycles. The minimum atomic E-state index is -0.532. The quantitative estimate of drug-likeness (QED) is 0.293. The molecule has 28 heavy (non-hydrogen) atoms. The van der Waals surface area contributed by atoms with Gasteiger partial charge in [0, 0.05) is 11.1 Å². The molecule has 0 atom stereocenters. The Morgan fingerprint density at radius 3 is 1.86 bits per heavy atom. The van der Waals surface area contributed by atoms with Gasteiger partial charge in [-0.25, -0.2) is 13.2 Å². The average Bonchev–Trinajstić information content (AvgIpc) is 2.67. The number of hydrogen-bond donors (Lipinski definition) is 0. The van der Waals surface area contributed by atoms with Gasteiger partial charge in [0.05, 0.1) is 6.67 Å². The predicted molar refractivity (Wildman–Crippen MR) is 105 cm³/mol. The number of unbranched alkanes of at least 4 members (excludes halogenated alkanes) is 2. The van der Waals surface area contributed by atoms with E-state index in [0.717, 1.165) is 18.4 Å². The van der Waals surface area contributed by atoms with E-state index in [2.05, 4.69) is 0 Å². The summed E-state index contributed by atoms with van der Waals surface area (Å²) in [4.78, 5) is 0. The van der Waals surface area contributed by atoms with Crippen molar-refractivity contribution in [2.75, 3.05) is 6.67 Å². The Bertz CT molecular complexity index is 963. The van der Waals surface area contributed by atoms with Crippen LogP contribution in [0.1, 0.15) is 30.4 Å². The third-order valence-corrected chi connectivity index (χ3v) is 4.90. The molecule has 0 bridgehead atoms. The van der Waals surface area contributed by atoms with Crippen molar-refractivity contribution in [2.24, 2.45) is 0 Å². The van der Waals surface area contributed by atoms with Crippen LogP contribution in [0.15, 0.2) is 54.6 Å². The fourth-order valence-electron chi connectivity index (χ4n) is 3.23. The largest absolute Gasteiger partial charge is 0.251 e. The summed E-state index contributed by atoms with van der Waals surface area (Å²) in [6, 6.07) is 13.9. The first-order valence-corrected chi connectivity index (χ1v) is 9.40. The maximum Gasteiger partial charge on any atom is 0.131 e. The van der Waals surface area contributed by atoms with Gasteiger partial charge >= 0.3 is 0 Å². The molecule has 3 aromatic carbocycles. The van der Waals surface area contributed by atoms with Crippen LogP contribution in [0.4, 0.5) is 17.6 Å². The molecule has 0 aliphatic heterocycles. The van der Waals surface area contributed by atoms with Crippen molar-refractivity contribution in [3.63, 3.8) is 0 Å². The Balaban J connectivity index is 1.82. The molecular formula is C24H22F4. The number of hydrogen-bond acceptors (Lipinski definition) is 0. The summed E-state index contributed by atoms with van der Waals surface area (Å²) in [7, 11) is 0. The summed E-state index contributed by atoms with van der Waals surface area (Å²) in [5.74, 6) is -1.35. The van der Waals surface area contributed by atoms with Crippen LogP contribution in [-0.2, 0) is 6.42 Å². The molecule has 0 saturated heterocycles. The lowest BCUT2D eigenvalue weighted by Crippen LogP contribution is -1.93. The first-order chi connectivity index (χ1) is 13.5. The number of benzene rings is 3. The lowest BCUT2D eigenvalue weighted by Gasteiger charge is -2.10. The van der Waals surface area contributed by atoms with Crippen molar-refractivity contribution in [1.29, 1.82) is 0 Å². The van der Waals surface area contributed by atoms with Crippen LogP contribution < -0.4 is 0 Å². The number of rotatable bonds is 7. The second kappa shape index (κ2) is 9.05. The maximum absolute atomic E-state index is 14.6. The molecular weight excluding hydrogens is 364 g/mol. The van der Waals surface area contributed by atoms with E-state index in [1.54, 1.807) is 37.3 Å². The van der Waals surface area contributed by atoms with Crippen molar-refractivity contribution in [3.05, 3.63) is 83.2 Å². The second-order valence-electron chi connectivity index (χ2n) is 6.97. The highest BCUT2D eigenvalue weighted by Gasteiger charge is 2.12. The van der Waals surface area contributed by atoms with E-state index >= 15 is 0 Å². The zero-order valence-corrected chi connectivity index (χ0v) is 15.7. The van der Waals surface area contributed by atoms with Crippen LogP contribution in [0.3, 0.4) is 0 Å². The van der Waals surface area contributed by atoms with Crippen LogP contribution in [0.2, 0.25) is 0 Å². The van der Waals surface area contributed by atoms with Gasteiger partial charge in [-0.1, -0.05) is 42.8 Å². The molecule has 0 amide bonds. The number of halogens is 4. The van der Waals surface area contributed by atoms with Gasteiger partial charge in [0.2, 0.25) is 0 Å². The van der Waals surface area contributed by atoms with E-state index in [-0.39, 0.29) is 12.2 Å². The van der Waals surface area contributed by atoms with Crippen LogP contribution in [0.5, 0.6) is 0 Å². The van der Waals surface area contributed by atoms with Gasteiger partial charge in [-0.3, -0.25) is 4.39 Å². The normalized spacial score (nSPS) is 11.0. The van der Waals surface area contributed by atoms with E-state index < -0.39 is 17.5 Å². The van der Waals surface area contributed by atoms with Crippen molar-refractivity contribution in [1.82, 2.24) is 0 Å². The molecule has 0 aliphatic rings. The van der Waals surface area contributed by atoms with Gasteiger partial charge in [-0.15, -0.1) is 0 Å². The van der Waals surface area contributed by atoms with Crippen molar-refractivity contribution >= 4 is 0 Å². The van der Waals surface area contributed by atoms with Crippen molar-refractivity contribution in [2.45, 2.75) is 32.6 Å². The standard InChI is InChI=1S/C24H22F4/c1-16-6-8-18(14-22(16)26)21-11-9-19(15-24(21)28)20-10-7-17(13-23(20)27)5-3-2-4-12-25/h6-11,13-15H,2-5,12H2,1H3. The molecule has 0 spiro atoms. The molecule has 0 nitrogen and oxygen atoms in total. The van der Waals surface area contributed by atoms with Gasteiger partial charge in [-0.2, -0.15) is 0 Å². The maximum atomic E-state index is 14.6. The molecule has 146 valence electrons. The van der Waals surface area contributed by atoms with Crippen molar-refractivity contribution < 1.29 is 17.6 Å². The summed E-state index contributed by atoms with van der Waals surface area (Å²) >= 11 is 0. The Hall–Kier alpha value is -2.62. The first-order valence-electron chi connectivity index (χ1n) is 9.40. The number of aryl methyl sites for hydroxylation is 2. The van der Waals surface area contributed by atoms with Gasteiger partial charge in [0.1, 0.15) is 17.5 Å². The Kier molecular flexibility index (Phi) is 6.50. The topological polar surface area (TPSA) is 0 Å². The minimum absolute atomic E-state index is 0.271. The lowest BCUT2D eigenvalue weighted by atomic mass is 9.97. The van der Waals surface area contributed by atoms with Gasteiger partial charge < -0.3 is 0 Å². The molecule has 0 fully saturated rings. The molecule has 0 aliphatic carbocycles. The van der Waals surface area contributed by atoms with E-state index in [9.17, 15) is 17.6 Å². The van der Waals surface area contributed by atoms with E-state index in [4.69, 9.17) is 0 Å². The zero-order valence-electron chi connectivity index (χ0n) is 15.7. The molecule has 4 heteroatoms. The van der Waals surface area contributed by atoms with Crippen molar-refractivity contribution in [3.8, 4) is 22.3 Å². The van der Waals surface area contributed by atoms with E-state index in [1.165, 1.54) is 18.2 Å². The molecule has 0 unspecified atom stereocenters. The third kappa shape index (κ3) is 4.61. The van der Waals surface area contributed by atoms with Crippen LogP contribution in [-0.4, -0.2) is 6.67 Å². The molecule has 3 rings (SSSR count). The van der Waals surface area contributed by atoms with E-state index in [0.29, 0.717) is 35.1 Å². The fraction of sp³-hybridized carbons (Fsp3) is 0.250. The second-order valence-corrected chi connectivity index (χ2v) is 6.97. The van der Waals surface area contributed by atoms with Gasteiger partial charge in [0.25, 0.3) is 0 Å². The molecule has 0 radical (unpaired) electrons. The Labute approximate surface area is 162 Å². The Morgan fingerprint density at radius 1 is 0.643 bits per heavy atom. The predicted octanol–water partition coefficient (Wildman–Crippen LogP) is 7.43. The van der Waals surface area contributed by atoms with Crippen LogP contribution in [0.25, 0.3) is 22.3 Å². The minimum Gasteiger partial charge on any atom is -0.251 e. The lowest BCUT2D eigenvalue weighted by molar-refractivity contribution is 0.456. The highest BCUT2D eigenvalue weighted by molar-refractivity contribution is 5.71. The average molecular weight is 386 g/mol. The van der Waals surface area contributed by atoms with Crippen LogP contribution in [0, 0.1) is 24.4 Å². The molecule has 3 aromatic rings. The molecule has 0 saturated carbocycles. The summed E-state index contributed by atoms with van der Waals surface area (Å²) in [6.07, 6.45) is 2.78. The summed E-state index contributed by atoms with van der Waals surface area (Å²) < 4.78 is 55.1. The van der Waals surface area contributed by atoms with Crippen LogP contribution >= 0.6 is 0 Å². The highest BCUT2D eigenvalue weighted by atomic mass is 19.1. The molecule has 0 aromatic heterocycles. The Morgan fingerprint density at radius 2 is 1.25 bits per heavy atom. The SMILES string of the molecule is Cc1ccc(-c2ccc(-c3ccc(CCCCCF)cc3F)cc2F)cc1F. The van der Waals surface area contributed by atoms with Gasteiger partial charge in [-0.05, 0) is 66.6 Å². The number of alkyl halides is 1. The zero-order chi connectivity index (χ0) is 20.1. The summed E-state index contributed by atoms with van der Waals surface area (Å²) in [5, 5.41) is 0. The van der Waals surface area contributed by atoms with Gasteiger partial charge in [0.15, 0.2) is 0 Å². The summed E-state index contributed by atoms with van der Waals surface area (Å²) in [5.41, 5.74) is 2.78. The van der Waals surface area contributed by atoms with E-state index in [1.807, 2.05) is 6.07 Å². The first kappa shape index (κ1) is 20.1. The highest BCUT2D eigenvalue weighted by Crippen LogP contribution is 2.30.